The topological polar surface area (TPSA) is 50.4 Å². The van der Waals surface area contributed by atoms with E-state index in [0.29, 0.717) is 6.54 Å². The van der Waals surface area contributed by atoms with E-state index < -0.39 is 11.9 Å². The zero-order valence-electron chi connectivity index (χ0n) is 8.70. The first kappa shape index (κ1) is 10.9. The van der Waals surface area contributed by atoms with E-state index in [1.165, 1.54) is 12.1 Å². The summed E-state index contributed by atoms with van der Waals surface area (Å²) < 4.78 is 18.3. The maximum Gasteiger partial charge on any atom is 0.412 e. The number of halogens is 1. The molecule has 1 aromatic rings. The van der Waals surface area contributed by atoms with Gasteiger partial charge in [-0.2, -0.15) is 0 Å². The predicted molar refractivity (Wildman–Crippen MR) is 57.8 cm³/mol. The molecule has 2 N–H and O–H groups in total. The Hall–Kier alpha value is -1.62. The lowest BCUT2D eigenvalue weighted by Crippen LogP contribution is -2.24. The van der Waals surface area contributed by atoms with Crippen molar-refractivity contribution in [3.8, 4) is 0 Å². The number of carbonyl (C=O) groups is 1. The number of amides is 1. The van der Waals surface area contributed by atoms with Crippen molar-refractivity contribution >= 4 is 11.8 Å². The molecule has 1 amide bonds. The quantitative estimate of drug-likeness (QED) is 0.804. The Morgan fingerprint density at radius 2 is 2.31 bits per heavy atom. The van der Waals surface area contributed by atoms with Crippen LogP contribution in [0.1, 0.15) is 6.42 Å². The van der Waals surface area contributed by atoms with E-state index in [9.17, 15) is 9.18 Å². The second kappa shape index (κ2) is 4.94. The van der Waals surface area contributed by atoms with Gasteiger partial charge in [-0.25, -0.2) is 9.18 Å². The van der Waals surface area contributed by atoms with Crippen LogP contribution in [-0.2, 0) is 4.74 Å². The number of rotatable bonds is 2. The molecule has 1 aromatic carbocycles. The van der Waals surface area contributed by atoms with Crippen LogP contribution in [0.5, 0.6) is 0 Å². The summed E-state index contributed by atoms with van der Waals surface area (Å²) in [6.07, 6.45) is 0.0654. The number of nitrogens with one attached hydrogen (secondary N) is 2. The molecule has 1 aliphatic heterocycles. The van der Waals surface area contributed by atoms with Crippen LogP contribution in [0.15, 0.2) is 24.3 Å². The van der Waals surface area contributed by atoms with Crippen LogP contribution in [0.2, 0.25) is 0 Å². The van der Waals surface area contributed by atoms with Gasteiger partial charge in [-0.1, -0.05) is 12.1 Å². The summed E-state index contributed by atoms with van der Waals surface area (Å²) >= 11 is 0. The lowest BCUT2D eigenvalue weighted by atomic mass is 10.3. The van der Waals surface area contributed by atoms with Crippen molar-refractivity contribution < 1.29 is 13.9 Å². The number of ether oxygens (including phenoxy) is 1. The molecule has 1 atom stereocenters. The van der Waals surface area contributed by atoms with Gasteiger partial charge in [-0.15, -0.1) is 0 Å². The maximum atomic E-state index is 13.2. The van der Waals surface area contributed by atoms with E-state index in [1.807, 2.05) is 0 Å². The minimum Gasteiger partial charge on any atom is -0.445 e. The molecule has 0 spiro atoms. The number of carbonyl (C=O) groups excluding carboxylic acids is 1. The smallest absolute Gasteiger partial charge is 0.412 e. The van der Waals surface area contributed by atoms with Gasteiger partial charge in [0, 0.05) is 6.54 Å². The summed E-state index contributed by atoms with van der Waals surface area (Å²) in [6.45, 7) is 1.50. The third-order valence-corrected chi connectivity index (χ3v) is 2.40. The molecule has 5 heteroatoms. The Bertz CT molecular complexity index is 378. The van der Waals surface area contributed by atoms with Crippen molar-refractivity contribution in [2.24, 2.45) is 0 Å². The monoisotopic (exact) mass is 224 g/mol. The van der Waals surface area contributed by atoms with Crippen LogP contribution in [0, 0.1) is 5.82 Å². The summed E-state index contributed by atoms with van der Waals surface area (Å²) in [7, 11) is 0. The highest BCUT2D eigenvalue weighted by molar-refractivity contribution is 5.84. The van der Waals surface area contributed by atoms with Gasteiger partial charge < -0.3 is 10.1 Å². The lowest BCUT2D eigenvalue weighted by molar-refractivity contribution is 0.121. The van der Waals surface area contributed by atoms with E-state index in [-0.39, 0.29) is 11.8 Å². The van der Waals surface area contributed by atoms with Crippen molar-refractivity contribution in [1.29, 1.82) is 0 Å². The summed E-state index contributed by atoms with van der Waals surface area (Å²) in [4.78, 5) is 11.4. The highest BCUT2D eigenvalue weighted by Crippen LogP contribution is 2.13. The first-order valence-corrected chi connectivity index (χ1v) is 5.18. The van der Waals surface area contributed by atoms with Gasteiger partial charge >= 0.3 is 6.09 Å². The van der Waals surface area contributed by atoms with E-state index >= 15 is 0 Å². The molecule has 1 fully saturated rings. The van der Waals surface area contributed by atoms with Gasteiger partial charge in [0.25, 0.3) is 0 Å². The molecule has 1 heterocycles. The van der Waals surface area contributed by atoms with Crippen LogP contribution in [0.3, 0.4) is 0 Å². The van der Waals surface area contributed by atoms with E-state index in [4.69, 9.17) is 4.74 Å². The highest BCUT2D eigenvalue weighted by atomic mass is 19.1. The maximum absolute atomic E-state index is 13.2. The average molecular weight is 224 g/mol. The number of hydrogen-bond acceptors (Lipinski definition) is 3. The van der Waals surface area contributed by atoms with Crippen LogP contribution in [-0.4, -0.2) is 25.3 Å². The second-order valence-corrected chi connectivity index (χ2v) is 3.62. The molecule has 0 bridgehead atoms. The lowest BCUT2D eigenvalue weighted by Gasteiger charge is -2.11. The minimum atomic E-state index is -0.612. The molecule has 86 valence electrons. The van der Waals surface area contributed by atoms with Gasteiger partial charge in [0.1, 0.15) is 11.9 Å². The van der Waals surface area contributed by atoms with Gasteiger partial charge in [0.05, 0.1) is 5.69 Å². The standard InChI is InChI=1S/C11H13FN2O2/c12-9-3-1-2-4-10(9)14-11(15)16-8-5-6-13-7-8/h1-4,8,13H,5-7H2,(H,14,15). The van der Waals surface area contributed by atoms with Crippen LogP contribution in [0.4, 0.5) is 14.9 Å². The molecule has 0 saturated carbocycles. The molecule has 2 rings (SSSR count). The predicted octanol–water partition coefficient (Wildman–Crippen LogP) is 1.74. The summed E-state index contributed by atoms with van der Waals surface area (Å²) in [5.74, 6) is -0.469. The zero-order chi connectivity index (χ0) is 11.4. The highest BCUT2D eigenvalue weighted by Gasteiger charge is 2.19. The third-order valence-electron chi connectivity index (χ3n) is 2.40. The SMILES string of the molecule is O=C(Nc1ccccc1F)OC1CCNC1. The van der Waals surface area contributed by atoms with Gasteiger partial charge in [-0.05, 0) is 25.1 Å². The van der Waals surface area contributed by atoms with Crippen LogP contribution >= 0.6 is 0 Å². The van der Waals surface area contributed by atoms with E-state index in [2.05, 4.69) is 10.6 Å². The normalized spacial score (nSPS) is 19.4. The molecule has 16 heavy (non-hydrogen) atoms. The molecule has 0 aliphatic carbocycles. The molecule has 0 radical (unpaired) electrons. The molecule has 4 nitrogen and oxygen atoms in total. The summed E-state index contributed by atoms with van der Waals surface area (Å²) in [6, 6.07) is 5.98. The van der Waals surface area contributed by atoms with Crippen molar-refractivity contribution in [2.45, 2.75) is 12.5 Å². The number of anilines is 1. The zero-order valence-corrected chi connectivity index (χ0v) is 8.70. The average Bonchev–Trinajstić information content (AvgIpc) is 2.74. The molecular weight excluding hydrogens is 211 g/mol. The fraction of sp³-hybridized carbons (Fsp3) is 0.364. The Morgan fingerprint density at radius 1 is 1.50 bits per heavy atom. The van der Waals surface area contributed by atoms with Gasteiger partial charge in [0.15, 0.2) is 0 Å². The van der Waals surface area contributed by atoms with E-state index in [0.717, 1.165) is 13.0 Å². The first-order valence-electron chi connectivity index (χ1n) is 5.18. The molecule has 0 aromatic heterocycles. The van der Waals surface area contributed by atoms with Gasteiger partial charge in [-0.3, -0.25) is 5.32 Å². The Morgan fingerprint density at radius 3 is 3.00 bits per heavy atom. The fourth-order valence-corrected chi connectivity index (χ4v) is 1.58. The largest absolute Gasteiger partial charge is 0.445 e. The third kappa shape index (κ3) is 2.70. The van der Waals surface area contributed by atoms with E-state index in [1.54, 1.807) is 12.1 Å². The number of benzene rings is 1. The molecular formula is C11H13FN2O2. The molecule has 1 unspecified atom stereocenters. The van der Waals surface area contributed by atoms with Crippen LogP contribution < -0.4 is 10.6 Å². The number of hydrogen-bond donors (Lipinski definition) is 2. The first-order chi connectivity index (χ1) is 7.75. The van der Waals surface area contributed by atoms with Gasteiger partial charge in [0.2, 0.25) is 0 Å². The van der Waals surface area contributed by atoms with Crippen molar-refractivity contribution in [2.75, 3.05) is 18.4 Å². The second-order valence-electron chi connectivity index (χ2n) is 3.62. The summed E-state index contributed by atoms with van der Waals surface area (Å²) in [5, 5.41) is 5.45. The van der Waals surface area contributed by atoms with Crippen molar-refractivity contribution in [1.82, 2.24) is 5.32 Å². The Balaban J connectivity index is 1.89. The Labute approximate surface area is 92.8 Å². The van der Waals surface area contributed by atoms with Crippen molar-refractivity contribution in [3.05, 3.63) is 30.1 Å². The minimum absolute atomic E-state index is 0.119. The molecule has 1 aliphatic rings. The van der Waals surface area contributed by atoms with Crippen molar-refractivity contribution in [3.63, 3.8) is 0 Å². The van der Waals surface area contributed by atoms with Crippen LogP contribution in [0.25, 0.3) is 0 Å². The number of para-hydroxylation sites is 1. The molecule has 1 saturated heterocycles. The fourth-order valence-electron chi connectivity index (χ4n) is 1.58. The Kier molecular flexibility index (Phi) is 3.36. The summed E-state index contributed by atoms with van der Waals surface area (Å²) in [5.41, 5.74) is 0.137.